The molecule has 1 aromatic heterocycles. The molecule has 0 unspecified atom stereocenters. The van der Waals surface area contributed by atoms with Gasteiger partial charge < -0.3 is 19.3 Å². The number of anilines is 1. The zero-order valence-corrected chi connectivity index (χ0v) is 18.7. The first-order valence-electron chi connectivity index (χ1n) is 8.88. The zero-order chi connectivity index (χ0) is 22.0. The fraction of sp³-hybridized carbons (Fsp3) is 0.611. The van der Waals surface area contributed by atoms with E-state index in [1.165, 1.54) is 17.9 Å². The molecule has 1 aliphatic rings. The molecule has 1 fully saturated rings. The Morgan fingerprint density at radius 3 is 2.45 bits per heavy atom. The Hall–Kier alpha value is -1.79. The lowest BCUT2D eigenvalue weighted by atomic mass is 10.1. The molecule has 0 N–H and O–H groups in total. The predicted octanol–water partition coefficient (Wildman–Crippen LogP) is 3.69. The summed E-state index contributed by atoms with van der Waals surface area (Å²) in [5.41, 5.74) is -1.48. The van der Waals surface area contributed by atoms with Gasteiger partial charge in [0.05, 0.1) is 11.6 Å². The van der Waals surface area contributed by atoms with Gasteiger partial charge >= 0.3 is 18.2 Å². The molecule has 2 rings (SSSR count). The fourth-order valence-electron chi connectivity index (χ4n) is 2.79. The van der Waals surface area contributed by atoms with E-state index in [2.05, 4.69) is 4.98 Å². The normalized spacial score (nSPS) is 17.9. The van der Waals surface area contributed by atoms with Crippen LogP contribution in [0.4, 0.5) is 23.8 Å². The van der Waals surface area contributed by atoms with Gasteiger partial charge in [-0.15, -0.1) is 0 Å². The van der Waals surface area contributed by atoms with Crippen LogP contribution >= 0.6 is 22.6 Å². The van der Waals surface area contributed by atoms with Crippen molar-refractivity contribution in [2.75, 3.05) is 31.1 Å². The number of ether oxygens (including phenoxy) is 2. The molecule has 0 bridgehead atoms. The Bertz CT molecular complexity index is 768. The van der Waals surface area contributed by atoms with E-state index in [1.807, 2.05) is 0 Å². The van der Waals surface area contributed by atoms with Crippen molar-refractivity contribution < 1.29 is 32.2 Å². The number of rotatable bonds is 3. The van der Waals surface area contributed by atoms with Gasteiger partial charge in [-0.25, -0.2) is 9.78 Å². The molecule has 1 amide bonds. The predicted molar refractivity (Wildman–Crippen MR) is 108 cm³/mol. The van der Waals surface area contributed by atoms with Crippen molar-refractivity contribution in [1.29, 1.82) is 0 Å². The summed E-state index contributed by atoms with van der Waals surface area (Å²) in [6, 6.07) is 0.869. The molecule has 1 saturated heterocycles. The third kappa shape index (κ3) is 6.61. The molecule has 1 aromatic rings. The van der Waals surface area contributed by atoms with E-state index in [0.29, 0.717) is 18.9 Å². The van der Waals surface area contributed by atoms with Crippen LogP contribution in [0.3, 0.4) is 0 Å². The lowest BCUT2D eigenvalue weighted by Gasteiger charge is -2.42. The highest BCUT2D eigenvalue weighted by atomic mass is 127. The maximum Gasteiger partial charge on any atom is 0.418 e. The molecule has 7 nitrogen and oxygen atoms in total. The Labute approximate surface area is 180 Å². The van der Waals surface area contributed by atoms with Crippen LogP contribution in [0.25, 0.3) is 0 Å². The van der Waals surface area contributed by atoms with Crippen LogP contribution in [0.5, 0.6) is 0 Å². The van der Waals surface area contributed by atoms with Crippen molar-refractivity contribution in [3.63, 3.8) is 0 Å². The van der Waals surface area contributed by atoms with Crippen molar-refractivity contribution in [2.24, 2.45) is 0 Å². The molecule has 0 spiro atoms. The number of aromatic nitrogens is 1. The number of amides is 1. The minimum absolute atomic E-state index is 0.0147. The summed E-state index contributed by atoms with van der Waals surface area (Å²) in [7, 11) is 0. The average Bonchev–Trinajstić information content (AvgIpc) is 2.57. The quantitative estimate of drug-likeness (QED) is 0.440. The minimum atomic E-state index is -4.49. The number of piperazine rings is 1. The van der Waals surface area contributed by atoms with Crippen molar-refractivity contribution in [2.45, 2.75) is 45.5 Å². The number of carbonyl (C=O) groups is 2. The van der Waals surface area contributed by atoms with E-state index in [0.717, 1.165) is 6.20 Å². The van der Waals surface area contributed by atoms with Gasteiger partial charge in [0, 0.05) is 36.3 Å². The van der Waals surface area contributed by atoms with E-state index in [9.17, 15) is 22.8 Å². The van der Waals surface area contributed by atoms with Gasteiger partial charge in [-0.1, -0.05) is 0 Å². The number of halogens is 4. The highest BCUT2D eigenvalue weighted by Crippen LogP contribution is 2.34. The van der Waals surface area contributed by atoms with Crippen LogP contribution in [-0.4, -0.2) is 59.8 Å². The van der Waals surface area contributed by atoms with Crippen LogP contribution < -0.4 is 4.90 Å². The number of hydrogen-bond acceptors (Lipinski definition) is 6. The van der Waals surface area contributed by atoms with Gasteiger partial charge in [-0.2, -0.15) is 13.2 Å². The van der Waals surface area contributed by atoms with Gasteiger partial charge in [0.25, 0.3) is 0 Å². The number of nitrogens with zero attached hydrogens (tertiary/aromatic N) is 3. The van der Waals surface area contributed by atoms with Crippen molar-refractivity contribution in [3.05, 3.63) is 21.4 Å². The maximum atomic E-state index is 13.0. The van der Waals surface area contributed by atoms with Gasteiger partial charge in [0.1, 0.15) is 18.0 Å². The molecular weight excluding hydrogens is 506 g/mol. The molecule has 0 saturated carbocycles. The zero-order valence-electron chi connectivity index (χ0n) is 16.5. The minimum Gasteiger partial charge on any atom is -0.464 e. The first kappa shape index (κ1) is 23.5. The van der Waals surface area contributed by atoms with Gasteiger partial charge in [-0.3, -0.25) is 4.79 Å². The van der Waals surface area contributed by atoms with Gasteiger partial charge in [0.2, 0.25) is 0 Å². The largest absolute Gasteiger partial charge is 0.464 e. The second kappa shape index (κ2) is 8.92. The maximum absolute atomic E-state index is 13.0. The fourth-order valence-corrected chi connectivity index (χ4v) is 3.52. The molecule has 0 aromatic carbocycles. The van der Waals surface area contributed by atoms with Crippen LogP contribution in [0.2, 0.25) is 0 Å². The third-order valence-electron chi connectivity index (χ3n) is 4.05. The van der Waals surface area contributed by atoms with Crippen molar-refractivity contribution >= 4 is 40.5 Å². The summed E-state index contributed by atoms with van der Waals surface area (Å²) >= 11 is 1.62. The Morgan fingerprint density at radius 2 is 1.93 bits per heavy atom. The summed E-state index contributed by atoms with van der Waals surface area (Å²) in [6.07, 6.45) is -4.20. The molecule has 1 aliphatic heterocycles. The summed E-state index contributed by atoms with van der Waals surface area (Å²) in [6.45, 7) is 7.28. The Kier molecular flexibility index (Phi) is 7.23. The van der Waals surface area contributed by atoms with Crippen LogP contribution in [0.1, 0.15) is 33.3 Å². The van der Waals surface area contributed by atoms with E-state index in [-0.39, 0.29) is 16.7 Å². The molecule has 162 valence electrons. The molecule has 11 heteroatoms. The average molecular weight is 529 g/mol. The van der Waals surface area contributed by atoms with Crippen molar-refractivity contribution in [3.8, 4) is 0 Å². The van der Waals surface area contributed by atoms with E-state index in [1.54, 1.807) is 48.3 Å². The van der Waals surface area contributed by atoms with Gasteiger partial charge in [0.15, 0.2) is 0 Å². The summed E-state index contributed by atoms with van der Waals surface area (Å²) < 4.78 is 49.5. The van der Waals surface area contributed by atoms with Crippen molar-refractivity contribution in [1.82, 2.24) is 9.88 Å². The van der Waals surface area contributed by atoms with Crippen LogP contribution in [-0.2, 0) is 20.4 Å². The lowest BCUT2D eigenvalue weighted by Crippen LogP contribution is -2.57. The number of hydrogen-bond donors (Lipinski definition) is 0. The Morgan fingerprint density at radius 1 is 1.28 bits per heavy atom. The summed E-state index contributed by atoms with van der Waals surface area (Å²) in [5.74, 6) is -0.169. The molecule has 29 heavy (non-hydrogen) atoms. The highest BCUT2D eigenvalue weighted by molar-refractivity contribution is 14.1. The van der Waals surface area contributed by atoms with E-state index in [4.69, 9.17) is 9.47 Å². The van der Waals surface area contributed by atoms with Crippen LogP contribution in [0.15, 0.2) is 12.3 Å². The monoisotopic (exact) mass is 529 g/mol. The van der Waals surface area contributed by atoms with E-state index >= 15 is 0 Å². The second-order valence-corrected chi connectivity index (χ2v) is 8.76. The Balaban J connectivity index is 2.23. The number of alkyl halides is 3. The standard InChI is InChI=1S/C18H23F3IN3O4/c1-11(26)28-10-12-9-24(16(27)29-17(2,3)4)5-6-25(12)15-7-14(22)13(8-23-15)18(19,20)21/h7-8,12H,5-6,9-10H2,1-4H3/t12-/m1/s1. The smallest absolute Gasteiger partial charge is 0.418 e. The molecule has 0 radical (unpaired) electrons. The molecule has 2 heterocycles. The first-order valence-corrected chi connectivity index (χ1v) is 9.96. The summed E-state index contributed by atoms with van der Waals surface area (Å²) in [5, 5.41) is 0. The lowest BCUT2D eigenvalue weighted by molar-refractivity contribution is -0.142. The second-order valence-electron chi connectivity index (χ2n) is 7.60. The molecule has 1 atom stereocenters. The number of esters is 1. The number of carbonyl (C=O) groups excluding carboxylic acids is 2. The first-order chi connectivity index (χ1) is 13.3. The topological polar surface area (TPSA) is 72.0 Å². The molecular formula is C18H23F3IN3O4. The number of pyridine rings is 1. The third-order valence-corrected chi connectivity index (χ3v) is 4.94. The van der Waals surface area contributed by atoms with Gasteiger partial charge in [-0.05, 0) is 49.4 Å². The SMILES string of the molecule is CC(=O)OC[C@H]1CN(C(=O)OC(C)(C)C)CCN1c1cc(I)c(C(F)(F)F)cn1. The summed E-state index contributed by atoms with van der Waals surface area (Å²) in [4.78, 5) is 30.8. The van der Waals surface area contributed by atoms with Crippen LogP contribution in [0, 0.1) is 3.57 Å². The molecule has 0 aliphatic carbocycles. The highest BCUT2D eigenvalue weighted by Gasteiger charge is 2.36. The van der Waals surface area contributed by atoms with E-state index < -0.39 is 35.4 Å².